The van der Waals surface area contributed by atoms with Crippen LogP contribution in [0, 0.1) is 0 Å². The quantitative estimate of drug-likeness (QED) is 0.759. The van der Waals surface area contributed by atoms with Crippen LogP contribution in [-0.4, -0.2) is 31.3 Å². The van der Waals surface area contributed by atoms with Crippen molar-refractivity contribution in [3.05, 3.63) is 59.7 Å². The Hall–Kier alpha value is -3.02. The van der Waals surface area contributed by atoms with E-state index in [1.165, 1.54) is 19.2 Å². The van der Waals surface area contributed by atoms with Gasteiger partial charge in [-0.2, -0.15) is 0 Å². The summed E-state index contributed by atoms with van der Waals surface area (Å²) in [6, 6.07) is 13.4. The average molecular weight is 329 g/mol. The number of anilines is 1. The molecule has 126 valence electrons. The molecule has 24 heavy (non-hydrogen) atoms. The van der Waals surface area contributed by atoms with Gasteiger partial charge < -0.3 is 19.9 Å². The molecule has 0 saturated heterocycles. The molecule has 6 nitrogen and oxygen atoms in total. The molecule has 0 aliphatic rings. The van der Waals surface area contributed by atoms with Crippen molar-refractivity contribution in [3.8, 4) is 5.75 Å². The minimum Gasteiger partial charge on any atom is -0.497 e. The van der Waals surface area contributed by atoms with Crippen molar-refractivity contribution in [2.75, 3.05) is 19.5 Å². The summed E-state index contributed by atoms with van der Waals surface area (Å²) in [6.45, 7) is 0. The molecule has 2 aromatic rings. The number of benzene rings is 2. The first-order valence-electron chi connectivity index (χ1n) is 7.34. The highest BCUT2D eigenvalue weighted by Crippen LogP contribution is 2.25. The molecule has 0 aliphatic carbocycles. The molecule has 0 amide bonds. The zero-order valence-electron chi connectivity index (χ0n) is 13.5. The number of rotatable bonds is 7. The molecular weight excluding hydrogens is 310 g/mol. The topological polar surface area (TPSA) is 84.9 Å². The van der Waals surface area contributed by atoms with Gasteiger partial charge in [-0.1, -0.05) is 12.1 Å². The average Bonchev–Trinajstić information content (AvgIpc) is 2.61. The first kappa shape index (κ1) is 17.3. The van der Waals surface area contributed by atoms with Gasteiger partial charge in [0.25, 0.3) is 0 Å². The van der Waals surface area contributed by atoms with Crippen LogP contribution in [0.3, 0.4) is 0 Å². The molecule has 2 N–H and O–H groups in total. The van der Waals surface area contributed by atoms with Crippen LogP contribution >= 0.6 is 0 Å². The van der Waals surface area contributed by atoms with Gasteiger partial charge in [-0.15, -0.1) is 0 Å². The molecule has 0 aromatic heterocycles. The van der Waals surface area contributed by atoms with Crippen molar-refractivity contribution in [2.45, 2.75) is 12.5 Å². The summed E-state index contributed by atoms with van der Waals surface area (Å²) in [5, 5.41) is 12.2. The van der Waals surface area contributed by atoms with Crippen molar-refractivity contribution in [1.29, 1.82) is 0 Å². The number of esters is 1. The zero-order chi connectivity index (χ0) is 17.5. The van der Waals surface area contributed by atoms with Gasteiger partial charge in [-0.25, -0.2) is 4.79 Å². The Kier molecular flexibility index (Phi) is 5.78. The van der Waals surface area contributed by atoms with Crippen LogP contribution in [0.2, 0.25) is 0 Å². The number of carboxylic acids is 1. The molecule has 2 aromatic carbocycles. The lowest BCUT2D eigenvalue weighted by molar-refractivity contribution is -0.140. The number of methoxy groups -OCH3 is 2. The smallest absolute Gasteiger partial charge is 0.335 e. The molecule has 0 fully saturated rings. The fraction of sp³-hybridized carbons (Fsp3) is 0.222. The van der Waals surface area contributed by atoms with E-state index in [1.807, 2.05) is 24.3 Å². The predicted octanol–water partition coefficient (Wildman–Crippen LogP) is 3.11. The Balaban J connectivity index is 2.22. The van der Waals surface area contributed by atoms with E-state index in [0.717, 1.165) is 17.0 Å². The molecule has 0 saturated carbocycles. The number of aromatic carboxylic acids is 1. The number of carbonyl (C=O) groups excluding carboxylic acids is 1. The first-order chi connectivity index (χ1) is 11.5. The second kappa shape index (κ2) is 8.01. The van der Waals surface area contributed by atoms with Crippen LogP contribution in [0.5, 0.6) is 5.75 Å². The Morgan fingerprint density at radius 2 is 1.67 bits per heavy atom. The highest BCUT2D eigenvalue weighted by Gasteiger charge is 2.17. The Morgan fingerprint density at radius 1 is 1.04 bits per heavy atom. The standard InChI is InChI=1S/C18H19NO5/c1-23-15-9-7-14(8-10-15)19-16(11-17(20)24-2)12-3-5-13(6-4-12)18(21)22/h3-10,16,19H,11H2,1-2H3,(H,21,22). The molecule has 0 radical (unpaired) electrons. The minimum absolute atomic E-state index is 0.120. The summed E-state index contributed by atoms with van der Waals surface area (Å²) in [6.07, 6.45) is 0.120. The van der Waals surface area contributed by atoms with Gasteiger partial charge in [0, 0.05) is 5.69 Å². The maximum absolute atomic E-state index is 11.7. The molecular formula is C18H19NO5. The molecule has 1 atom stereocenters. The molecule has 2 rings (SSSR count). The second-order valence-electron chi connectivity index (χ2n) is 5.13. The lowest BCUT2D eigenvalue weighted by Gasteiger charge is -2.20. The van der Waals surface area contributed by atoms with Gasteiger partial charge >= 0.3 is 11.9 Å². The normalized spacial score (nSPS) is 11.4. The van der Waals surface area contributed by atoms with Crippen molar-refractivity contribution in [3.63, 3.8) is 0 Å². The van der Waals surface area contributed by atoms with Gasteiger partial charge in [0.15, 0.2) is 0 Å². The van der Waals surface area contributed by atoms with Gasteiger partial charge in [-0.3, -0.25) is 4.79 Å². The summed E-state index contributed by atoms with van der Waals surface area (Å²) in [5.41, 5.74) is 1.80. The summed E-state index contributed by atoms with van der Waals surface area (Å²) < 4.78 is 9.86. The van der Waals surface area contributed by atoms with Crippen LogP contribution in [0.25, 0.3) is 0 Å². The molecule has 0 bridgehead atoms. The van der Waals surface area contributed by atoms with Crippen molar-refractivity contribution < 1.29 is 24.2 Å². The van der Waals surface area contributed by atoms with Crippen LogP contribution in [0.15, 0.2) is 48.5 Å². The summed E-state index contributed by atoms with van der Waals surface area (Å²) in [7, 11) is 2.92. The van der Waals surface area contributed by atoms with Gasteiger partial charge in [0.2, 0.25) is 0 Å². The maximum Gasteiger partial charge on any atom is 0.335 e. The highest BCUT2D eigenvalue weighted by molar-refractivity contribution is 5.87. The number of hydrogen-bond acceptors (Lipinski definition) is 5. The van der Waals surface area contributed by atoms with Gasteiger partial charge in [0.1, 0.15) is 5.75 Å². The zero-order valence-corrected chi connectivity index (χ0v) is 13.5. The first-order valence-corrected chi connectivity index (χ1v) is 7.34. The van der Waals surface area contributed by atoms with E-state index < -0.39 is 5.97 Å². The van der Waals surface area contributed by atoms with Crippen molar-refractivity contribution >= 4 is 17.6 Å². The van der Waals surface area contributed by atoms with Gasteiger partial charge in [0.05, 0.1) is 32.2 Å². The highest BCUT2D eigenvalue weighted by atomic mass is 16.5. The number of carbonyl (C=O) groups is 2. The van der Waals surface area contributed by atoms with E-state index in [4.69, 9.17) is 14.6 Å². The van der Waals surface area contributed by atoms with E-state index in [2.05, 4.69) is 5.32 Å². The number of hydrogen-bond donors (Lipinski definition) is 2. The SMILES string of the molecule is COC(=O)CC(Nc1ccc(OC)cc1)c1ccc(C(=O)O)cc1. The monoisotopic (exact) mass is 329 g/mol. The minimum atomic E-state index is -0.991. The summed E-state index contributed by atoms with van der Waals surface area (Å²) in [5.74, 6) is -0.617. The largest absolute Gasteiger partial charge is 0.497 e. The fourth-order valence-corrected chi connectivity index (χ4v) is 2.25. The lowest BCUT2D eigenvalue weighted by atomic mass is 10.0. The summed E-state index contributed by atoms with van der Waals surface area (Å²) in [4.78, 5) is 22.6. The van der Waals surface area contributed by atoms with E-state index in [9.17, 15) is 9.59 Å². The Labute approximate surface area is 140 Å². The third-order valence-electron chi connectivity index (χ3n) is 3.59. The lowest BCUT2D eigenvalue weighted by Crippen LogP contribution is -2.16. The van der Waals surface area contributed by atoms with Crippen LogP contribution < -0.4 is 10.1 Å². The molecule has 0 aliphatic heterocycles. The molecule has 0 heterocycles. The van der Waals surface area contributed by atoms with E-state index >= 15 is 0 Å². The van der Waals surface area contributed by atoms with E-state index in [1.54, 1.807) is 19.2 Å². The van der Waals surface area contributed by atoms with E-state index in [-0.39, 0.29) is 24.0 Å². The Morgan fingerprint density at radius 3 is 2.17 bits per heavy atom. The maximum atomic E-state index is 11.7. The number of ether oxygens (including phenoxy) is 2. The third-order valence-corrected chi connectivity index (χ3v) is 3.59. The predicted molar refractivity (Wildman–Crippen MR) is 89.4 cm³/mol. The Bertz CT molecular complexity index is 694. The van der Waals surface area contributed by atoms with Crippen LogP contribution in [-0.2, 0) is 9.53 Å². The second-order valence-corrected chi connectivity index (χ2v) is 5.13. The van der Waals surface area contributed by atoms with Gasteiger partial charge in [-0.05, 0) is 42.0 Å². The number of nitrogens with one attached hydrogen (secondary N) is 1. The molecule has 0 spiro atoms. The third kappa shape index (κ3) is 4.49. The number of carboxylic acid groups (broad SMARTS) is 1. The van der Waals surface area contributed by atoms with Crippen molar-refractivity contribution in [1.82, 2.24) is 0 Å². The van der Waals surface area contributed by atoms with Crippen molar-refractivity contribution in [2.24, 2.45) is 0 Å². The van der Waals surface area contributed by atoms with Crippen LogP contribution in [0.1, 0.15) is 28.4 Å². The van der Waals surface area contributed by atoms with Crippen LogP contribution in [0.4, 0.5) is 5.69 Å². The fourth-order valence-electron chi connectivity index (χ4n) is 2.25. The van der Waals surface area contributed by atoms with E-state index in [0.29, 0.717) is 0 Å². The molecule has 1 unspecified atom stereocenters. The summed E-state index contributed by atoms with van der Waals surface area (Å²) >= 11 is 0. The molecule has 6 heteroatoms.